The van der Waals surface area contributed by atoms with Crippen LogP contribution in [0.1, 0.15) is 27.4 Å². The number of para-hydroxylation sites is 1. The van der Waals surface area contributed by atoms with Crippen molar-refractivity contribution in [3.63, 3.8) is 0 Å². The maximum atomic E-state index is 12.3. The van der Waals surface area contributed by atoms with E-state index < -0.39 is 0 Å². The Morgan fingerprint density at radius 2 is 1.52 bits per heavy atom. The van der Waals surface area contributed by atoms with E-state index in [4.69, 9.17) is 4.42 Å². The van der Waals surface area contributed by atoms with Crippen LogP contribution in [0.2, 0.25) is 0 Å². The van der Waals surface area contributed by atoms with E-state index in [-0.39, 0.29) is 5.91 Å². The van der Waals surface area contributed by atoms with Gasteiger partial charge in [-0.2, -0.15) is 0 Å². The second-order valence-corrected chi connectivity index (χ2v) is 7.36. The average molecular weight is 401 g/mol. The van der Waals surface area contributed by atoms with E-state index in [9.17, 15) is 4.79 Å². The first-order valence-corrected chi connectivity index (χ1v) is 10.2. The highest BCUT2D eigenvalue weighted by Crippen LogP contribution is 2.22. The highest BCUT2D eigenvalue weighted by Gasteiger charge is 2.09. The first kappa shape index (κ1) is 19.0. The number of amides is 1. The molecule has 3 aromatic carbocycles. The first-order chi connectivity index (χ1) is 14.3. The number of nitrogens with zero attached hydrogens (tertiary/aromatic N) is 2. The Bertz CT molecular complexity index is 1060. The summed E-state index contributed by atoms with van der Waals surface area (Å²) in [5.74, 6) is 1.16. The van der Waals surface area contributed by atoms with E-state index in [1.165, 1.54) is 11.8 Å². The van der Waals surface area contributed by atoms with Gasteiger partial charge in [-0.3, -0.25) is 4.79 Å². The third-order valence-corrected chi connectivity index (χ3v) is 5.15. The summed E-state index contributed by atoms with van der Waals surface area (Å²) in [5.41, 5.74) is 3.61. The number of hydrogen-bond donors (Lipinski definition) is 1. The lowest BCUT2D eigenvalue weighted by atomic mass is 10.1. The van der Waals surface area contributed by atoms with E-state index >= 15 is 0 Å². The summed E-state index contributed by atoms with van der Waals surface area (Å²) in [7, 11) is 0. The first-order valence-electron chi connectivity index (χ1n) is 9.21. The van der Waals surface area contributed by atoms with Gasteiger partial charge in [-0.25, -0.2) is 0 Å². The molecule has 1 aromatic heterocycles. The molecule has 0 aliphatic rings. The van der Waals surface area contributed by atoms with Gasteiger partial charge in [0.1, 0.15) is 0 Å². The van der Waals surface area contributed by atoms with Gasteiger partial charge in [-0.05, 0) is 35.4 Å². The lowest BCUT2D eigenvalue weighted by Gasteiger charge is -2.06. The van der Waals surface area contributed by atoms with Crippen LogP contribution in [0.5, 0.6) is 0 Å². The number of carbonyl (C=O) groups excluding carboxylic acids is 1. The van der Waals surface area contributed by atoms with E-state index in [0.29, 0.717) is 28.9 Å². The van der Waals surface area contributed by atoms with Crippen molar-refractivity contribution >= 4 is 23.4 Å². The number of carbonyl (C=O) groups is 1. The highest BCUT2D eigenvalue weighted by atomic mass is 32.2. The molecule has 0 unspecified atom stereocenters. The van der Waals surface area contributed by atoms with Gasteiger partial charge < -0.3 is 9.73 Å². The van der Waals surface area contributed by atoms with Gasteiger partial charge in [-0.1, -0.05) is 72.4 Å². The Hall–Kier alpha value is -3.38. The van der Waals surface area contributed by atoms with Crippen LogP contribution < -0.4 is 5.32 Å². The topological polar surface area (TPSA) is 68.0 Å². The number of hydrogen-bond acceptors (Lipinski definition) is 5. The fourth-order valence-electron chi connectivity index (χ4n) is 2.76. The molecule has 4 rings (SSSR count). The SMILES string of the molecule is O=C(Nc1ccccc1)c1ccc(CSc2nnc(Cc3ccccc3)o2)cc1. The van der Waals surface area contributed by atoms with Gasteiger partial charge in [0, 0.05) is 17.0 Å². The standard InChI is InChI=1S/C23H19N3O2S/c27-22(24-20-9-5-2-6-10-20)19-13-11-18(12-14-19)16-29-23-26-25-21(28-23)15-17-7-3-1-4-8-17/h1-14H,15-16H2,(H,24,27). The fourth-order valence-corrected chi connectivity index (χ4v) is 3.50. The minimum atomic E-state index is -0.127. The summed E-state index contributed by atoms with van der Waals surface area (Å²) in [4.78, 5) is 12.3. The molecule has 0 spiro atoms. The molecule has 29 heavy (non-hydrogen) atoms. The molecule has 1 amide bonds. The zero-order chi connectivity index (χ0) is 19.9. The van der Waals surface area contributed by atoms with E-state index in [1.54, 1.807) is 0 Å². The minimum absolute atomic E-state index is 0.127. The van der Waals surface area contributed by atoms with Crippen LogP contribution in [0, 0.1) is 0 Å². The monoisotopic (exact) mass is 401 g/mol. The molecular formula is C23H19N3O2S. The van der Waals surface area contributed by atoms with Crippen molar-refractivity contribution in [3.05, 3.63) is 108 Å². The van der Waals surface area contributed by atoms with E-state index in [1.807, 2.05) is 84.9 Å². The molecule has 144 valence electrons. The van der Waals surface area contributed by atoms with Crippen LogP contribution >= 0.6 is 11.8 Å². The molecule has 0 radical (unpaired) electrons. The van der Waals surface area contributed by atoms with Crippen LogP contribution in [-0.4, -0.2) is 16.1 Å². The lowest BCUT2D eigenvalue weighted by Crippen LogP contribution is -2.11. The molecule has 0 fully saturated rings. The Morgan fingerprint density at radius 3 is 2.24 bits per heavy atom. The van der Waals surface area contributed by atoms with Gasteiger partial charge in [0.15, 0.2) is 0 Å². The second kappa shape index (κ2) is 9.21. The number of thioether (sulfide) groups is 1. The molecule has 6 heteroatoms. The zero-order valence-electron chi connectivity index (χ0n) is 15.6. The van der Waals surface area contributed by atoms with Crippen molar-refractivity contribution in [1.82, 2.24) is 10.2 Å². The number of benzene rings is 3. The van der Waals surface area contributed by atoms with Crippen molar-refractivity contribution in [3.8, 4) is 0 Å². The minimum Gasteiger partial charge on any atom is -0.416 e. The number of aromatic nitrogens is 2. The summed E-state index contributed by atoms with van der Waals surface area (Å²) in [6.45, 7) is 0. The smallest absolute Gasteiger partial charge is 0.276 e. The van der Waals surface area contributed by atoms with Crippen molar-refractivity contribution < 1.29 is 9.21 Å². The van der Waals surface area contributed by atoms with Gasteiger partial charge in [0.05, 0.1) is 6.42 Å². The molecule has 0 aliphatic heterocycles. The molecule has 0 saturated heterocycles. The summed E-state index contributed by atoms with van der Waals surface area (Å²) in [6.07, 6.45) is 0.625. The molecular weight excluding hydrogens is 382 g/mol. The average Bonchev–Trinajstić information content (AvgIpc) is 3.21. The van der Waals surface area contributed by atoms with Crippen LogP contribution in [0.25, 0.3) is 0 Å². The predicted molar refractivity (Wildman–Crippen MR) is 114 cm³/mol. The molecule has 1 N–H and O–H groups in total. The third-order valence-electron chi connectivity index (χ3n) is 4.26. The third kappa shape index (κ3) is 5.33. The Balaban J connectivity index is 1.31. The normalized spacial score (nSPS) is 10.6. The molecule has 0 aliphatic carbocycles. The molecule has 0 bridgehead atoms. The van der Waals surface area contributed by atoms with Crippen LogP contribution in [0.15, 0.2) is 94.6 Å². The molecule has 1 heterocycles. The van der Waals surface area contributed by atoms with Gasteiger partial charge in [0.25, 0.3) is 11.1 Å². The van der Waals surface area contributed by atoms with Crippen molar-refractivity contribution in [2.75, 3.05) is 5.32 Å². The van der Waals surface area contributed by atoms with Crippen molar-refractivity contribution in [2.45, 2.75) is 17.4 Å². The van der Waals surface area contributed by atoms with Gasteiger partial charge >= 0.3 is 0 Å². The predicted octanol–water partition coefficient (Wildman–Crippen LogP) is 5.21. The Labute approximate surface area is 173 Å². The Kier molecular flexibility index (Phi) is 6.02. The van der Waals surface area contributed by atoms with Gasteiger partial charge in [0.2, 0.25) is 5.89 Å². The largest absolute Gasteiger partial charge is 0.416 e. The van der Waals surface area contributed by atoms with Gasteiger partial charge in [-0.15, -0.1) is 10.2 Å². The molecule has 5 nitrogen and oxygen atoms in total. The number of anilines is 1. The maximum absolute atomic E-state index is 12.3. The fraction of sp³-hybridized carbons (Fsp3) is 0.0870. The quantitative estimate of drug-likeness (QED) is 0.431. The van der Waals surface area contributed by atoms with Crippen molar-refractivity contribution in [2.24, 2.45) is 0 Å². The van der Waals surface area contributed by atoms with E-state index in [0.717, 1.165) is 16.8 Å². The van der Waals surface area contributed by atoms with Crippen molar-refractivity contribution in [1.29, 1.82) is 0 Å². The summed E-state index contributed by atoms with van der Waals surface area (Å²) < 4.78 is 5.71. The summed E-state index contributed by atoms with van der Waals surface area (Å²) in [6, 6.07) is 27.0. The highest BCUT2D eigenvalue weighted by molar-refractivity contribution is 7.98. The van der Waals surface area contributed by atoms with E-state index in [2.05, 4.69) is 15.5 Å². The van der Waals surface area contributed by atoms with Crippen LogP contribution in [0.3, 0.4) is 0 Å². The molecule has 0 atom stereocenters. The number of rotatable bonds is 7. The number of nitrogens with one attached hydrogen (secondary N) is 1. The Morgan fingerprint density at radius 1 is 0.828 bits per heavy atom. The second-order valence-electron chi connectivity index (χ2n) is 6.43. The summed E-state index contributed by atoms with van der Waals surface area (Å²) >= 11 is 1.48. The zero-order valence-corrected chi connectivity index (χ0v) is 16.4. The lowest BCUT2D eigenvalue weighted by molar-refractivity contribution is 0.102. The van der Waals surface area contributed by atoms with Crippen LogP contribution in [-0.2, 0) is 12.2 Å². The van der Waals surface area contributed by atoms with Crippen LogP contribution in [0.4, 0.5) is 5.69 Å². The molecule has 4 aromatic rings. The summed E-state index contributed by atoms with van der Waals surface area (Å²) in [5, 5.41) is 11.6. The molecule has 0 saturated carbocycles. The maximum Gasteiger partial charge on any atom is 0.276 e.